The average molecular weight is 529 g/mol. The third-order valence-electron chi connectivity index (χ3n) is 7.75. The van der Waals surface area contributed by atoms with E-state index in [4.69, 9.17) is 0 Å². The Morgan fingerprint density at radius 2 is 1.81 bits per heavy atom. The van der Waals surface area contributed by atoms with Crippen LogP contribution in [0.3, 0.4) is 0 Å². The Bertz CT molecular complexity index is 1200. The Balaban J connectivity index is 1.41. The van der Waals surface area contributed by atoms with Crippen LogP contribution in [0.5, 0.6) is 0 Å². The Hall–Kier alpha value is -2.47. The van der Waals surface area contributed by atoms with Gasteiger partial charge in [-0.3, -0.25) is 14.6 Å². The van der Waals surface area contributed by atoms with Crippen molar-refractivity contribution in [3.05, 3.63) is 34.9 Å². The van der Waals surface area contributed by atoms with Gasteiger partial charge in [0.05, 0.1) is 5.75 Å². The van der Waals surface area contributed by atoms with Gasteiger partial charge in [-0.15, -0.1) is 0 Å². The number of carbonyl (C=O) groups excluding carboxylic acids is 2. The number of piperidine rings is 1. The molecule has 0 aromatic heterocycles. The molecule has 1 saturated heterocycles. The Morgan fingerprint density at radius 3 is 2.31 bits per heavy atom. The normalized spacial score (nSPS) is 21.6. The lowest BCUT2D eigenvalue weighted by atomic mass is 9.67. The monoisotopic (exact) mass is 528 g/mol. The average Bonchev–Trinajstić information content (AvgIpc) is 3.05. The van der Waals surface area contributed by atoms with Crippen molar-refractivity contribution in [2.75, 3.05) is 32.9 Å². The Kier molecular flexibility index (Phi) is 6.74. The summed E-state index contributed by atoms with van der Waals surface area (Å²) in [5.41, 5.74) is -1.30. The van der Waals surface area contributed by atoms with Crippen LogP contribution in [0.1, 0.15) is 53.6 Å². The van der Waals surface area contributed by atoms with Crippen LogP contribution in [0, 0.1) is 12.3 Å². The molecule has 2 fully saturated rings. The number of aryl methyl sites for hydroxylation is 2. The summed E-state index contributed by atoms with van der Waals surface area (Å²) in [5.74, 6) is -1.18. The minimum Gasteiger partial charge on any atom is -0.345 e. The lowest BCUT2D eigenvalue weighted by Gasteiger charge is -2.42. The predicted octanol–water partition coefficient (Wildman–Crippen LogP) is 2.66. The van der Waals surface area contributed by atoms with Crippen LogP contribution in [0.15, 0.2) is 23.2 Å². The van der Waals surface area contributed by atoms with Gasteiger partial charge in [0.1, 0.15) is 16.8 Å². The number of amidine groups is 1. The van der Waals surface area contributed by atoms with Gasteiger partial charge in [0, 0.05) is 32.7 Å². The molecule has 1 aliphatic carbocycles. The lowest BCUT2D eigenvalue weighted by molar-refractivity contribution is -0.221. The number of nitrogens with zero attached hydrogens (tertiary/aromatic N) is 3. The first-order chi connectivity index (χ1) is 16.7. The number of benzene rings is 1. The molecule has 1 aromatic carbocycles. The number of rotatable bonds is 6. The van der Waals surface area contributed by atoms with Crippen LogP contribution < -0.4 is 5.32 Å². The van der Waals surface area contributed by atoms with Gasteiger partial charge in [-0.05, 0) is 62.3 Å². The van der Waals surface area contributed by atoms with Gasteiger partial charge in [-0.1, -0.05) is 12.5 Å². The van der Waals surface area contributed by atoms with Gasteiger partial charge in [-0.2, -0.15) is 13.2 Å². The molecule has 2 amide bonds. The third-order valence-corrected chi connectivity index (χ3v) is 9.62. The van der Waals surface area contributed by atoms with E-state index in [0.717, 1.165) is 11.1 Å². The van der Waals surface area contributed by atoms with Crippen molar-refractivity contribution >= 4 is 27.7 Å². The summed E-state index contributed by atoms with van der Waals surface area (Å²) in [6.07, 6.45) is -3.95. The molecule has 0 unspecified atom stereocenters. The maximum absolute atomic E-state index is 13.7. The van der Waals surface area contributed by atoms with Gasteiger partial charge in [-0.25, -0.2) is 12.7 Å². The smallest absolute Gasteiger partial charge is 0.345 e. The second-order valence-electron chi connectivity index (χ2n) is 10.2. The van der Waals surface area contributed by atoms with E-state index in [1.807, 2.05) is 6.92 Å². The molecule has 0 atom stereocenters. The Morgan fingerprint density at radius 1 is 1.17 bits per heavy atom. The SMILES string of the molecule is Cc1cc(C(=O)N(C)C)ccc1CCS(=O)(=O)N1CCC2(CC1)N=C(C1(C(F)(F)F)CCC1)NC2=O. The predicted molar refractivity (Wildman–Crippen MR) is 128 cm³/mol. The fourth-order valence-electron chi connectivity index (χ4n) is 5.14. The van der Waals surface area contributed by atoms with Crippen molar-refractivity contribution in [2.45, 2.75) is 57.2 Å². The second kappa shape index (κ2) is 9.13. The molecule has 1 N–H and O–H groups in total. The molecular formula is C24H31F3N4O4S. The molecule has 12 heteroatoms. The number of carbonyl (C=O) groups is 2. The van der Waals surface area contributed by atoms with E-state index in [-0.39, 0.29) is 62.7 Å². The number of amides is 2. The zero-order chi connectivity index (χ0) is 26.5. The molecule has 0 radical (unpaired) electrons. The highest BCUT2D eigenvalue weighted by Crippen LogP contribution is 2.55. The highest BCUT2D eigenvalue weighted by molar-refractivity contribution is 7.89. The maximum atomic E-state index is 13.7. The molecule has 36 heavy (non-hydrogen) atoms. The molecule has 198 valence electrons. The molecule has 1 saturated carbocycles. The Labute approximate surface area is 209 Å². The van der Waals surface area contributed by atoms with Gasteiger partial charge >= 0.3 is 6.18 Å². The highest BCUT2D eigenvalue weighted by atomic mass is 32.2. The number of sulfonamides is 1. The van der Waals surface area contributed by atoms with Gasteiger partial charge in [0.2, 0.25) is 10.0 Å². The van der Waals surface area contributed by atoms with E-state index in [9.17, 15) is 31.2 Å². The van der Waals surface area contributed by atoms with Crippen LogP contribution in [0.2, 0.25) is 0 Å². The summed E-state index contributed by atoms with van der Waals surface area (Å²) in [7, 11) is -0.349. The second-order valence-corrected chi connectivity index (χ2v) is 12.3. The molecule has 1 spiro atoms. The summed E-state index contributed by atoms with van der Waals surface area (Å²) in [4.78, 5) is 30.6. The first kappa shape index (κ1) is 26.6. The largest absolute Gasteiger partial charge is 0.401 e. The minimum absolute atomic E-state index is 0.0147. The van der Waals surface area contributed by atoms with E-state index >= 15 is 0 Å². The van der Waals surface area contributed by atoms with Crippen LogP contribution >= 0.6 is 0 Å². The van der Waals surface area contributed by atoms with Crippen molar-refractivity contribution < 1.29 is 31.2 Å². The molecule has 2 aliphatic heterocycles. The van der Waals surface area contributed by atoms with E-state index in [0.29, 0.717) is 12.0 Å². The minimum atomic E-state index is -4.50. The van der Waals surface area contributed by atoms with Crippen molar-refractivity contribution in [1.82, 2.24) is 14.5 Å². The van der Waals surface area contributed by atoms with E-state index in [1.54, 1.807) is 32.3 Å². The zero-order valence-corrected chi connectivity index (χ0v) is 21.4. The number of halogens is 3. The number of alkyl halides is 3. The van der Waals surface area contributed by atoms with Crippen LogP contribution in [-0.4, -0.2) is 79.9 Å². The van der Waals surface area contributed by atoms with Gasteiger partial charge in [0.25, 0.3) is 11.8 Å². The van der Waals surface area contributed by atoms with Crippen molar-refractivity contribution in [3.63, 3.8) is 0 Å². The number of hydrogen-bond acceptors (Lipinski definition) is 5. The molecule has 8 nitrogen and oxygen atoms in total. The van der Waals surface area contributed by atoms with Crippen LogP contribution in [0.25, 0.3) is 0 Å². The third kappa shape index (κ3) is 4.53. The van der Waals surface area contributed by atoms with Crippen LogP contribution in [0.4, 0.5) is 13.2 Å². The fourth-order valence-corrected chi connectivity index (χ4v) is 6.61. The van der Waals surface area contributed by atoms with Crippen molar-refractivity contribution in [3.8, 4) is 0 Å². The summed E-state index contributed by atoms with van der Waals surface area (Å²) in [6.45, 7) is 1.85. The molecular weight excluding hydrogens is 497 g/mol. The summed E-state index contributed by atoms with van der Waals surface area (Å²) in [6, 6.07) is 5.16. The molecule has 0 bridgehead atoms. The zero-order valence-electron chi connectivity index (χ0n) is 20.6. The quantitative estimate of drug-likeness (QED) is 0.614. The lowest BCUT2D eigenvalue weighted by Crippen LogP contribution is -2.55. The summed E-state index contributed by atoms with van der Waals surface area (Å²) in [5, 5.41) is 2.39. The van der Waals surface area contributed by atoms with Crippen LogP contribution in [-0.2, 0) is 21.2 Å². The van der Waals surface area contributed by atoms with Gasteiger partial charge < -0.3 is 10.2 Å². The molecule has 3 aliphatic rings. The number of nitrogens with one attached hydrogen (secondary N) is 1. The molecule has 4 rings (SSSR count). The standard InChI is InChI=1S/C24H31F3N4O4S/c1-16-15-18(19(32)30(2)3)6-5-17(16)7-14-36(34,35)31-12-10-23(11-13-31)21(33)28-20(29-23)22(8-4-9-22)24(25,26)27/h5-6,15H,4,7-14H2,1-3H3,(H,28,29,33). The van der Waals surface area contributed by atoms with Gasteiger partial charge in [0.15, 0.2) is 0 Å². The topological polar surface area (TPSA) is 99.2 Å². The molecule has 1 aromatic rings. The van der Waals surface area contributed by atoms with Crippen molar-refractivity contribution in [2.24, 2.45) is 10.4 Å². The number of aliphatic imine (C=N–C) groups is 1. The fraction of sp³-hybridized carbons (Fsp3) is 0.625. The summed E-state index contributed by atoms with van der Waals surface area (Å²) < 4.78 is 68.5. The number of hydrogen-bond donors (Lipinski definition) is 1. The molecule has 2 heterocycles. The summed E-state index contributed by atoms with van der Waals surface area (Å²) >= 11 is 0. The maximum Gasteiger partial charge on any atom is 0.401 e. The van der Waals surface area contributed by atoms with E-state index in [1.165, 1.54) is 9.21 Å². The first-order valence-corrected chi connectivity index (χ1v) is 13.6. The highest BCUT2D eigenvalue weighted by Gasteiger charge is 2.64. The van der Waals surface area contributed by atoms with E-state index < -0.39 is 33.1 Å². The van der Waals surface area contributed by atoms with Crippen molar-refractivity contribution in [1.29, 1.82) is 0 Å². The first-order valence-electron chi connectivity index (χ1n) is 12.0. The van der Waals surface area contributed by atoms with E-state index in [2.05, 4.69) is 10.3 Å².